The first kappa shape index (κ1) is 27.1. The first-order valence-corrected chi connectivity index (χ1v) is 12.8. The molecule has 1 aliphatic carbocycles. The van der Waals surface area contributed by atoms with Crippen LogP contribution in [0.1, 0.15) is 67.5 Å². The van der Waals surface area contributed by atoms with Gasteiger partial charge in [-0.15, -0.1) is 0 Å². The highest BCUT2D eigenvalue weighted by atomic mass is 32.2. The number of aromatic nitrogens is 2. The van der Waals surface area contributed by atoms with Crippen LogP contribution in [0.2, 0.25) is 0 Å². The Labute approximate surface area is 208 Å². The van der Waals surface area contributed by atoms with Crippen LogP contribution in [0.25, 0.3) is 0 Å². The van der Waals surface area contributed by atoms with Crippen molar-refractivity contribution in [1.82, 2.24) is 9.97 Å². The topological polar surface area (TPSA) is 59.9 Å². The van der Waals surface area contributed by atoms with Crippen LogP contribution < -0.4 is 0 Å². The fourth-order valence-electron chi connectivity index (χ4n) is 4.93. The highest BCUT2D eigenvalue weighted by Crippen LogP contribution is 2.41. The van der Waals surface area contributed by atoms with Gasteiger partial charge in [-0.25, -0.2) is 9.97 Å². The van der Waals surface area contributed by atoms with E-state index in [4.69, 9.17) is 0 Å². The quantitative estimate of drug-likeness (QED) is 0.177. The summed E-state index contributed by atoms with van der Waals surface area (Å²) in [4.78, 5) is 34.3. The van der Waals surface area contributed by atoms with Crippen LogP contribution in [0, 0.1) is 18.8 Å². The Morgan fingerprint density at radius 1 is 1.14 bits per heavy atom. The average molecular weight is 505 g/mol. The Balaban J connectivity index is 1.81. The van der Waals surface area contributed by atoms with E-state index in [1.807, 2.05) is 27.7 Å². The SMILES string of the molecule is C=C(C)C(CSc1nccc(C(F)(F)F)n1)C1CC(=O)C(c2c(CC)cc(C)cc2CC)C(=O)C1. The van der Waals surface area contributed by atoms with Crippen LogP contribution >= 0.6 is 11.8 Å². The van der Waals surface area contributed by atoms with E-state index in [2.05, 4.69) is 28.7 Å². The molecule has 2 aromatic rings. The van der Waals surface area contributed by atoms with Gasteiger partial charge in [-0.2, -0.15) is 13.2 Å². The first-order chi connectivity index (χ1) is 16.5. The number of carbonyl (C=O) groups excluding carboxylic acids is 2. The van der Waals surface area contributed by atoms with Gasteiger partial charge in [0.05, 0.1) is 0 Å². The van der Waals surface area contributed by atoms with E-state index >= 15 is 0 Å². The molecule has 1 aromatic carbocycles. The lowest BCUT2D eigenvalue weighted by Crippen LogP contribution is -2.36. The third kappa shape index (κ3) is 6.21. The predicted molar refractivity (Wildman–Crippen MR) is 131 cm³/mol. The Morgan fingerprint density at radius 2 is 1.71 bits per heavy atom. The molecular weight excluding hydrogens is 473 g/mol. The summed E-state index contributed by atoms with van der Waals surface area (Å²) >= 11 is 1.09. The van der Waals surface area contributed by atoms with Crippen LogP contribution in [0.3, 0.4) is 0 Å². The zero-order chi connectivity index (χ0) is 25.9. The minimum Gasteiger partial charge on any atom is -0.299 e. The summed E-state index contributed by atoms with van der Waals surface area (Å²) in [7, 11) is 0. The molecule has 0 amide bonds. The third-order valence-corrected chi connectivity index (χ3v) is 7.62. The van der Waals surface area contributed by atoms with Crippen molar-refractivity contribution < 1.29 is 22.8 Å². The fourth-order valence-corrected chi connectivity index (χ4v) is 6.12. The molecule has 4 nitrogen and oxygen atoms in total. The summed E-state index contributed by atoms with van der Waals surface area (Å²) in [5.74, 6) is -1.06. The second-order valence-corrected chi connectivity index (χ2v) is 10.2. The highest BCUT2D eigenvalue weighted by molar-refractivity contribution is 7.99. The zero-order valence-corrected chi connectivity index (χ0v) is 21.4. The predicted octanol–water partition coefficient (Wildman–Crippen LogP) is 6.55. The number of halogens is 3. The molecule has 0 aliphatic heterocycles. The molecule has 0 radical (unpaired) electrons. The molecule has 3 rings (SSSR count). The molecule has 1 atom stereocenters. The van der Waals surface area contributed by atoms with Gasteiger partial charge in [0.25, 0.3) is 0 Å². The molecule has 0 N–H and O–H groups in total. The minimum atomic E-state index is -4.55. The van der Waals surface area contributed by atoms with Gasteiger partial charge in [-0.05, 0) is 61.3 Å². The number of hydrogen-bond donors (Lipinski definition) is 0. The first-order valence-electron chi connectivity index (χ1n) is 11.8. The summed E-state index contributed by atoms with van der Waals surface area (Å²) in [6.07, 6.45) is -1.51. The monoisotopic (exact) mass is 504 g/mol. The number of nitrogens with zero attached hydrogens (tertiary/aromatic N) is 2. The smallest absolute Gasteiger partial charge is 0.299 e. The van der Waals surface area contributed by atoms with Crippen molar-refractivity contribution >= 4 is 23.3 Å². The Hall–Kier alpha value is -2.48. The van der Waals surface area contributed by atoms with E-state index in [0.29, 0.717) is 5.75 Å². The van der Waals surface area contributed by atoms with Crippen molar-refractivity contribution in [3.63, 3.8) is 0 Å². The number of rotatable bonds is 8. The van der Waals surface area contributed by atoms with Gasteiger partial charge in [-0.1, -0.05) is 55.5 Å². The van der Waals surface area contributed by atoms with Gasteiger partial charge in [0, 0.05) is 24.8 Å². The van der Waals surface area contributed by atoms with E-state index in [-0.39, 0.29) is 41.4 Å². The number of alkyl halides is 3. The van der Waals surface area contributed by atoms with Gasteiger partial charge in [0.1, 0.15) is 23.2 Å². The van der Waals surface area contributed by atoms with Gasteiger partial charge >= 0.3 is 6.18 Å². The molecule has 188 valence electrons. The van der Waals surface area contributed by atoms with Crippen LogP contribution in [0.4, 0.5) is 13.2 Å². The number of hydrogen-bond acceptors (Lipinski definition) is 5. The molecule has 1 aliphatic rings. The number of Topliss-reactive ketones (excluding diaryl/α,β-unsaturated/α-hetero) is 2. The lowest BCUT2D eigenvalue weighted by Gasteiger charge is -2.34. The zero-order valence-electron chi connectivity index (χ0n) is 20.5. The van der Waals surface area contributed by atoms with Crippen molar-refractivity contribution in [2.24, 2.45) is 11.8 Å². The number of carbonyl (C=O) groups is 2. The van der Waals surface area contributed by atoms with E-state index in [0.717, 1.165) is 64.7 Å². The molecule has 0 saturated heterocycles. The van der Waals surface area contributed by atoms with Gasteiger partial charge in [-0.3, -0.25) is 9.59 Å². The number of aryl methyl sites for hydroxylation is 3. The second kappa shape index (κ2) is 11.1. The lowest BCUT2D eigenvalue weighted by atomic mass is 9.69. The van der Waals surface area contributed by atoms with Crippen LogP contribution in [0.15, 0.2) is 41.7 Å². The van der Waals surface area contributed by atoms with Crippen molar-refractivity contribution in [2.45, 2.75) is 70.6 Å². The Bertz CT molecular complexity index is 1090. The summed E-state index contributed by atoms with van der Waals surface area (Å²) in [5, 5.41) is 0.0113. The average Bonchev–Trinajstić information content (AvgIpc) is 2.78. The number of allylic oxidation sites excluding steroid dienone is 1. The van der Waals surface area contributed by atoms with E-state index < -0.39 is 17.8 Å². The maximum atomic E-state index is 13.4. The van der Waals surface area contributed by atoms with Gasteiger partial charge in [0.2, 0.25) is 0 Å². The third-order valence-electron chi connectivity index (χ3n) is 6.63. The minimum absolute atomic E-state index is 0.0113. The van der Waals surface area contributed by atoms with Crippen molar-refractivity contribution in [2.75, 3.05) is 5.75 Å². The number of thioether (sulfide) groups is 1. The molecule has 0 spiro atoms. The molecule has 0 bridgehead atoms. The molecular formula is C27H31F3N2O2S. The summed E-state index contributed by atoms with van der Waals surface area (Å²) in [6, 6.07) is 4.95. The van der Waals surface area contributed by atoms with E-state index in [1.165, 1.54) is 0 Å². The standard InChI is InChI=1S/C27H31F3N2O2S/c1-6-17-10-16(5)11-18(7-2)24(17)25-21(33)12-19(13-22(25)34)20(15(3)4)14-35-26-31-9-8-23(32-26)27(28,29)30/h8-11,19-20,25H,3,6-7,12-14H2,1-2,4-5H3. The molecule has 35 heavy (non-hydrogen) atoms. The summed E-state index contributed by atoms with van der Waals surface area (Å²) < 4.78 is 39.0. The lowest BCUT2D eigenvalue weighted by molar-refractivity contribution is -0.141. The van der Waals surface area contributed by atoms with E-state index in [1.54, 1.807) is 0 Å². The van der Waals surface area contributed by atoms with Crippen molar-refractivity contribution in [3.8, 4) is 0 Å². The highest BCUT2D eigenvalue weighted by Gasteiger charge is 2.41. The maximum Gasteiger partial charge on any atom is 0.433 e. The number of ketones is 2. The molecule has 1 heterocycles. The van der Waals surface area contributed by atoms with Gasteiger partial charge < -0.3 is 0 Å². The van der Waals surface area contributed by atoms with Crippen molar-refractivity contribution in [3.05, 3.63) is 64.5 Å². The molecule has 1 aromatic heterocycles. The maximum absolute atomic E-state index is 13.4. The normalized spacial score (nSPS) is 19.6. The molecule has 1 fully saturated rings. The molecule has 1 unspecified atom stereocenters. The summed E-state index contributed by atoms with van der Waals surface area (Å²) in [5.41, 5.74) is 3.86. The van der Waals surface area contributed by atoms with Crippen molar-refractivity contribution in [1.29, 1.82) is 0 Å². The summed E-state index contributed by atoms with van der Waals surface area (Å²) in [6.45, 7) is 11.9. The number of benzene rings is 1. The van der Waals surface area contributed by atoms with Crippen LogP contribution in [0.5, 0.6) is 0 Å². The van der Waals surface area contributed by atoms with E-state index in [9.17, 15) is 22.8 Å². The Morgan fingerprint density at radius 3 is 2.20 bits per heavy atom. The van der Waals surface area contributed by atoms with Crippen LogP contribution in [-0.2, 0) is 28.6 Å². The molecule has 1 saturated carbocycles. The van der Waals surface area contributed by atoms with Gasteiger partial charge in [0.15, 0.2) is 5.16 Å². The fraction of sp³-hybridized carbons (Fsp3) is 0.481. The largest absolute Gasteiger partial charge is 0.433 e. The second-order valence-electron chi connectivity index (χ2n) is 9.22. The molecule has 8 heteroatoms. The Kier molecular flexibility index (Phi) is 8.57. The van der Waals surface area contributed by atoms with Crippen LogP contribution in [-0.4, -0.2) is 27.3 Å².